The summed E-state index contributed by atoms with van der Waals surface area (Å²) in [7, 11) is 1.56. The number of hydrogen-bond acceptors (Lipinski definition) is 3. The molecule has 120 valence electrons. The maximum absolute atomic E-state index is 12.6. The van der Waals surface area contributed by atoms with Crippen molar-refractivity contribution in [3.05, 3.63) is 65.7 Å². The van der Waals surface area contributed by atoms with Crippen LogP contribution in [0, 0.1) is 6.92 Å². The molecule has 0 aliphatic carbocycles. The van der Waals surface area contributed by atoms with E-state index >= 15 is 0 Å². The summed E-state index contributed by atoms with van der Waals surface area (Å²) in [6, 6.07) is 16.3. The maximum Gasteiger partial charge on any atom is 0.246 e. The van der Waals surface area contributed by atoms with E-state index in [-0.39, 0.29) is 18.4 Å². The van der Waals surface area contributed by atoms with Gasteiger partial charge in [-0.1, -0.05) is 48.0 Å². The fourth-order valence-corrected chi connectivity index (χ4v) is 2.14. The highest BCUT2D eigenvalue weighted by atomic mass is 16.2. The van der Waals surface area contributed by atoms with E-state index in [1.807, 2.05) is 61.5 Å². The number of rotatable bonds is 6. The molecule has 0 saturated heterocycles. The van der Waals surface area contributed by atoms with E-state index in [0.29, 0.717) is 0 Å². The van der Waals surface area contributed by atoms with Gasteiger partial charge in [0.05, 0.1) is 6.54 Å². The molecule has 0 bridgehead atoms. The zero-order chi connectivity index (χ0) is 16.7. The molecule has 0 heterocycles. The van der Waals surface area contributed by atoms with Crippen LogP contribution in [0.1, 0.15) is 17.2 Å². The largest absolute Gasteiger partial charge is 0.358 e. The number of carbonyl (C=O) groups is 2. The number of amides is 2. The minimum Gasteiger partial charge on any atom is -0.358 e. The highest BCUT2D eigenvalue weighted by Crippen LogP contribution is 2.16. The molecular formula is C18H21N3O2. The number of nitrogens with one attached hydrogen (secondary N) is 3. The zero-order valence-corrected chi connectivity index (χ0v) is 13.3. The zero-order valence-electron chi connectivity index (χ0n) is 13.3. The van der Waals surface area contributed by atoms with Crippen molar-refractivity contribution in [3.8, 4) is 0 Å². The van der Waals surface area contributed by atoms with Gasteiger partial charge >= 0.3 is 0 Å². The highest BCUT2D eigenvalue weighted by molar-refractivity contribution is 5.96. The Labute approximate surface area is 136 Å². The summed E-state index contributed by atoms with van der Waals surface area (Å²) in [6.07, 6.45) is 0. The second-order valence-corrected chi connectivity index (χ2v) is 5.25. The van der Waals surface area contributed by atoms with Crippen molar-refractivity contribution in [2.45, 2.75) is 13.0 Å². The molecule has 3 N–H and O–H groups in total. The van der Waals surface area contributed by atoms with Gasteiger partial charge in [0.25, 0.3) is 0 Å². The molecule has 0 aliphatic heterocycles. The number of likely N-dealkylation sites (N-methyl/N-ethyl adjacent to an activating group) is 1. The van der Waals surface area contributed by atoms with Crippen molar-refractivity contribution in [1.82, 2.24) is 10.6 Å². The number of carbonyl (C=O) groups excluding carboxylic acids is 2. The summed E-state index contributed by atoms with van der Waals surface area (Å²) in [5.41, 5.74) is 2.66. The Morgan fingerprint density at radius 2 is 1.65 bits per heavy atom. The fraction of sp³-hybridized carbons (Fsp3) is 0.222. The van der Waals surface area contributed by atoms with Crippen molar-refractivity contribution < 1.29 is 9.59 Å². The lowest BCUT2D eigenvalue weighted by Crippen LogP contribution is -2.39. The SMILES string of the molecule is CNC(=O)CN[C@@H](C(=O)Nc1ccc(C)cc1)c1ccccc1. The van der Waals surface area contributed by atoms with Gasteiger partial charge in [0, 0.05) is 12.7 Å². The average molecular weight is 311 g/mol. The topological polar surface area (TPSA) is 70.2 Å². The van der Waals surface area contributed by atoms with Gasteiger partial charge in [0.15, 0.2) is 0 Å². The van der Waals surface area contributed by atoms with E-state index in [1.165, 1.54) is 0 Å². The van der Waals surface area contributed by atoms with E-state index in [4.69, 9.17) is 0 Å². The molecule has 2 rings (SSSR count). The molecule has 2 amide bonds. The monoisotopic (exact) mass is 311 g/mol. The third-order valence-corrected chi connectivity index (χ3v) is 3.46. The van der Waals surface area contributed by atoms with Crippen LogP contribution in [-0.2, 0) is 9.59 Å². The first-order chi connectivity index (χ1) is 11.1. The van der Waals surface area contributed by atoms with E-state index in [9.17, 15) is 9.59 Å². The Hall–Kier alpha value is -2.66. The number of anilines is 1. The van der Waals surface area contributed by atoms with Crippen molar-refractivity contribution in [1.29, 1.82) is 0 Å². The molecule has 0 unspecified atom stereocenters. The Balaban J connectivity index is 2.13. The number of aryl methyl sites for hydroxylation is 1. The quantitative estimate of drug-likeness (QED) is 0.764. The molecule has 0 radical (unpaired) electrons. The average Bonchev–Trinajstić information content (AvgIpc) is 2.58. The number of hydrogen-bond donors (Lipinski definition) is 3. The predicted octanol–water partition coefficient (Wildman–Crippen LogP) is 2.01. The van der Waals surface area contributed by atoms with Crippen LogP contribution in [0.3, 0.4) is 0 Å². The molecule has 0 aromatic heterocycles. The Morgan fingerprint density at radius 1 is 1.00 bits per heavy atom. The van der Waals surface area contributed by atoms with E-state index in [0.717, 1.165) is 16.8 Å². The molecule has 1 atom stereocenters. The van der Waals surface area contributed by atoms with E-state index in [1.54, 1.807) is 7.05 Å². The van der Waals surface area contributed by atoms with Crippen LogP contribution in [0.4, 0.5) is 5.69 Å². The van der Waals surface area contributed by atoms with Crippen LogP contribution >= 0.6 is 0 Å². The first kappa shape index (κ1) is 16.7. The molecule has 5 nitrogen and oxygen atoms in total. The summed E-state index contributed by atoms with van der Waals surface area (Å²) in [6.45, 7) is 2.06. The molecule has 0 spiro atoms. The molecule has 2 aromatic carbocycles. The maximum atomic E-state index is 12.6. The van der Waals surface area contributed by atoms with Gasteiger partial charge in [-0.15, -0.1) is 0 Å². The minimum atomic E-state index is -0.602. The van der Waals surface area contributed by atoms with Gasteiger partial charge in [0.1, 0.15) is 6.04 Å². The predicted molar refractivity (Wildman–Crippen MR) is 91.1 cm³/mol. The van der Waals surface area contributed by atoms with Gasteiger partial charge in [-0.2, -0.15) is 0 Å². The first-order valence-corrected chi connectivity index (χ1v) is 7.46. The van der Waals surface area contributed by atoms with Gasteiger partial charge in [0.2, 0.25) is 11.8 Å². The molecule has 2 aromatic rings. The third-order valence-electron chi connectivity index (χ3n) is 3.46. The molecule has 5 heteroatoms. The van der Waals surface area contributed by atoms with Crippen LogP contribution < -0.4 is 16.0 Å². The standard InChI is InChI=1S/C18H21N3O2/c1-13-8-10-15(11-9-13)21-18(23)17(20-12-16(22)19-2)14-6-4-3-5-7-14/h3-11,17,20H,12H2,1-2H3,(H,19,22)(H,21,23)/t17-/m1/s1. The summed E-state index contributed by atoms with van der Waals surface area (Å²) in [4.78, 5) is 24.1. The lowest BCUT2D eigenvalue weighted by Gasteiger charge is -2.18. The Bertz CT molecular complexity index is 654. The van der Waals surface area contributed by atoms with Crippen LogP contribution in [0.5, 0.6) is 0 Å². The van der Waals surface area contributed by atoms with Crippen LogP contribution in [0.25, 0.3) is 0 Å². The second-order valence-electron chi connectivity index (χ2n) is 5.25. The number of benzene rings is 2. The Morgan fingerprint density at radius 3 is 2.26 bits per heavy atom. The second kappa shape index (κ2) is 8.10. The normalized spacial score (nSPS) is 11.6. The van der Waals surface area contributed by atoms with Crippen LogP contribution in [0.2, 0.25) is 0 Å². The summed E-state index contributed by atoms with van der Waals surface area (Å²) >= 11 is 0. The lowest BCUT2D eigenvalue weighted by molar-refractivity contribution is -0.120. The van der Waals surface area contributed by atoms with Crippen LogP contribution in [0.15, 0.2) is 54.6 Å². The minimum absolute atomic E-state index is 0.0668. The summed E-state index contributed by atoms with van der Waals surface area (Å²) in [5, 5.41) is 8.40. The van der Waals surface area contributed by atoms with Gasteiger partial charge in [-0.25, -0.2) is 0 Å². The van der Waals surface area contributed by atoms with Gasteiger partial charge < -0.3 is 10.6 Å². The molecule has 0 aliphatic rings. The molecule has 0 fully saturated rings. The lowest BCUT2D eigenvalue weighted by atomic mass is 10.1. The van der Waals surface area contributed by atoms with Crippen molar-refractivity contribution in [3.63, 3.8) is 0 Å². The molecule has 0 saturated carbocycles. The van der Waals surface area contributed by atoms with Crippen LogP contribution in [-0.4, -0.2) is 25.4 Å². The molecule has 23 heavy (non-hydrogen) atoms. The summed E-state index contributed by atoms with van der Waals surface area (Å²) < 4.78 is 0. The van der Waals surface area contributed by atoms with Gasteiger partial charge in [-0.05, 0) is 24.6 Å². The smallest absolute Gasteiger partial charge is 0.246 e. The van der Waals surface area contributed by atoms with Gasteiger partial charge in [-0.3, -0.25) is 14.9 Å². The van der Waals surface area contributed by atoms with Crippen molar-refractivity contribution in [2.24, 2.45) is 0 Å². The summed E-state index contributed by atoms with van der Waals surface area (Å²) in [5.74, 6) is -0.377. The Kier molecular flexibility index (Phi) is 5.88. The van der Waals surface area contributed by atoms with E-state index < -0.39 is 6.04 Å². The highest BCUT2D eigenvalue weighted by Gasteiger charge is 2.20. The van der Waals surface area contributed by atoms with Crippen molar-refractivity contribution >= 4 is 17.5 Å². The molecular weight excluding hydrogens is 290 g/mol. The van der Waals surface area contributed by atoms with Crippen molar-refractivity contribution in [2.75, 3.05) is 18.9 Å². The fourth-order valence-electron chi connectivity index (χ4n) is 2.14. The first-order valence-electron chi connectivity index (χ1n) is 7.46. The van der Waals surface area contributed by atoms with E-state index in [2.05, 4.69) is 16.0 Å². The third kappa shape index (κ3) is 4.93.